The Morgan fingerprint density at radius 1 is 1.39 bits per heavy atom. The number of nitriles is 2. The molecule has 2 aromatic rings. The van der Waals surface area contributed by atoms with Crippen LogP contribution in [0.25, 0.3) is 11.3 Å². The van der Waals surface area contributed by atoms with Crippen LogP contribution in [0.1, 0.15) is 17.8 Å². The summed E-state index contributed by atoms with van der Waals surface area (Å²) in [5.41, 5.74) is 1.52. The number of rotatable bonds is 5. The minimum atomic E-state index is -0.767. The van der Waals surface area contributed by atoms with Crippen molar-refractivity contribution >= 4 is 17.3 Å². The fourth-order valence-corrected chi connectivity index (χ4v) is 2.70. The van der Waals surface area contributed by atoms with Gasteiger partial charge in [-0.05, 0) is 13.0 Å². The molecule has 1 aromatic heterocycles. The molecule has 0 radical (unpaired) electrons. The number of allylic oxidation sites excluding steroid dienone is 1. The van der Waals surface area contributed by atoms with E-state index in [-0.39, 0.29) is 12.2 Å². The third-order valence-electron chi connectivity index (χ3n) is 2.95. The van der Waals surface area contributed by atoms with E-state index in [4.69, 9.17) is 10.00 Å². The van der Waals surface area contributed by atoms with E-state index in [1.54, 1.807) is 13.0 Å². The van der Waals surface area contributed by atoms with Gasteiger partial charge < -0.3 is 4.74 Å². The van der Waals surface area contributed by atoms with Gasteiger partial charge in [0.1, 0.15) is 22.6 Å². The predicted molar refractivity (Wildman–Crippen MR) is 86.2 cm³/mol. The minimum Gasteiger partial charge on any atom is -0.462 e. The average molecular weight is 323 g/mol. The molecule has 0 spiro atoms. The van der Waals surface area contributed by atoms with Gasteiger partial charge in [-0.15, -0.1) is 11.3 Å². The van der Waals surface area contributed by atoms with Crippen molar-refractivity contribution in [2.45, 2.75) is 12.8 Å². The van der Waals surface area contributed by atoms with Crippen LogP contribution in [-0.4, -0.2) is 17.6 Å². The quantitative estimate of drug-likeness (QED) is 0.478. The lowest BCUT2D eigenvalue weighted by molar-refractivity contribution is -0.138. The first kappa shape index (κ1) is 16.4. The van der Waals surface area contributed by atoms with Gasteiger partial charge in [-0.3, -0.25) is 0 Å². The largest absolute Gasteiger partial charge is 0.462 e. The van der Waals surface area contributed by atoms with Crippen LogP contribution < -0.4 is 0 Å². The molecule has 23 heavy (non-hydrogen) atoms. The number of thiazole rings is 1. The Kier molecular flexibility index (Phi) is 5.62. The van der Waals surface area contributed by atoms with E-state index in [9.17, 15) is 10.1 Å². The Balaban J connectivity index is 2.29. The highest BCUT2D eigenvalue weighted by molar-refractivity contribution is 7.10. The molecule has 2 rings (SSSR count). The number of esters is 1. The summed E-state index contributed by atoms with van der Waals surface area (Å²) in [4.78, 5) is 16.1. The Morgan fingerprint density at radius 3 is 2.74 bits per heavy atom. The second-order valence-electron chi connectivity index (χ2n) is 4.46. The zero-order valence-corrected chi connectivity index (χ0v) is 13.2. The van der Waals surface area contributed by atoms with E-state index in [0.29, 0.717) is 5.01 Å². The monoisotopic (exact) mass is 323 g/mol. The number of carbonyl (C=O) groups excluding carboxylic acids is 1. The Labute approximate surface area is 138 Å². The molecule has 1 unspecified atom stereocenters. The van der Waals surface area contributed by atoms with Crippen LogP contribution in [0.3, 0.4) is 0 Å². The number of carbonyl (C=O) groups is 1. The third kappa shape index (κ3) is 4.03. The SMILES string of the molecule is CCOC(=O)/C(C#N)=C/C(C#N)c1nc(-c2ccccc2)cs1. The molecular weight excluding hydrogens is 310 g/mol. The molecule has 1 heterocycles. The second kappa shape index (κ2) is 7.88. The van der Waals surface area contributed by atoms with Crippen molar-refractivity contribution in [1.29, 1.82) is 10.5 Å². The number of nitrogens with zero attached hydrogens (tertiary/aromatic N) is 3. The van der Waals surface area contributed by atoms with Gasteiger partial charge in [0.25, 0.3) is 0 Å². The van der Waals surface area contributed by atoms with E-state index in [0.717, 1.165) is 11.3 Å². The summed E-state index contributed by atoms with van der Waals surface area (Å²) >= 11 is 1.31. The van der Waals surface area contributed by atoms with Gasteiger partial charge >= 0.3 is 5.97 Å². The third-order valence-corrected chi connectivity index (χ3v) is 3.87. The van der Waals surface area contributed by atoms with E-state index in [1.807, 2.05) is 35.7 Å². The van der Waals surface area contributed by atoms with Gasteiger partial charge in [0, 0.05) is 10.9 Å². The van der Waals surface area contributed by atoms with Crippen LogP contribution in [-0.2, 0) is 9.53 Å². The molecule has 0 aliphatic rings. The number of hydrogen-bond acceptors (Lipinski definition) is 6. The summed E-state index contributed by atoms with van der Waals surface area (Å²) < 4.78 is 4.79. The first-order valence-corrected chi connectivity index (χ1v) is 7.77. The first-order valence-electron chi connectivity index (χ1n) is 6.89. The summed E-state index contributed by atoms with van der Waals surface area (Å²) in [5, 5.41) is 20.8. The van der Waals surface area contributed by atoms with Crippen LogP contribution in [0.15, 0.2) is 47.4 Å². The van der Waals surface area contributed by atoms with Crippen LogP contribution in [0, 0.1) is 22.7 Å². The topological polar surface area (TPSA) is 86.8 Å². The van der Waals surface area contributed by atoms with E-state index >= 15 is 0 Å². The van der Waals surface area contributed by atoms with Crippen molar-refractivity contribution in [3.63, 3.8) is 0 Å². The van der Waals surface area contributed by atoms with Gasteiger partial charge in [0.2, 0.25) is 0 Å². The lowest BCUT2D eigenvalue weighted by Crippen LogP contribution is -2.07. The maximum absolute atomic E-state index is 11.6. The molecule has 0 bridgehead atoms. The number of benzene rings is 1. The maximum atomic E-state index is 11.6. The van der Waals surface area contributed by atoms with Crippen LogP contribution in [0.5, 0.6) is 0 Å². The molecule has 1 atom stereocenters. The molecule has 0 saturated carbocycles. The molecule has 0 aliphatic heterocycles. The molecule has 0 fully saturated rings. The van der Waals surface area contributed by atoms with E-state index in [2.05, 4.69) is 11.1 Å². The van der Waals surface area contributed by atoms with Crippen LogP contribution >= 0.6 is 11.3 Å². The lowest BCUT2D eigenvalue weighted by atomic mass is 10.1. The highest BCUT2D eigenvalue weighted by Gasteiger charge is 2.18. The van der Waals surface area contributed by atoms with Crippen molar-refractivity contribution in [2.24, 2.45) is 0 Å². The van der Waals surface area contributed by atoms with Crippen molar-refractivity contribution in [3.8, 4) is 23.4 Å². The number of hydrogen-bond donors (Lipinski definition) is 0. The fourth-order valence-electron chi connectivity index (χ4n) is 1.86. The van der Waals surface area contributed by atoms with Crippen molar-refractivity contribution in [2.75, 3.05) is 6.61 Å². The standard InChI is InChI=1S/C17H13N3O2S/c1-2-22-17(21)14(10-19)8-13(9-18)16-20-15(11-23-16)12-6-4-3-5-7-12/h3-8,11,13H,2H2,1H3/b14-8+. The van der Waals surface area contributed by atoms with Crippen LogP contribution in [0.2, 0.25) is 0 Å². The molecule has 0 N–H and O–H groups in total. The normalized spacial score (nSPS) is 12.0. The van der Waals surface area contributed by atoms with Gasteiger partial charge in [-0.1, -0.05) is 30.3 Å². The molecule has 0 aliphatic carbocycles. The molecular formula is C17H13N3O2S. The average Bonchev–Trinajstić information content (AvgIpc) is 3.07. The summed E-state index contributed by atoms with van der Waals surface area (Å²) in [6.07, 6.45) is 1.30. The maximum Gasteiger partial charge on any atom is 0.348 e. The fraction of sp³-hybridized carbons (Fsp3) is 0.176. The van der Waals surface area contributed by atoms with Gasteiger partial charge in [-0.2, -0.15) is 10.5 Å². The Bertz CT molecular complexity index is 797. The highest BCUT2D eigenvalue weighted by Crippen LogP contribution is 2.27. The summed E-state index contributed by atoms with van der Waals surface area (Å²) in [7, 11) is 0. The molecule has 5 nitrogen and oxygen atoms in total. The molecule has 0 amide bonds. The number of aromatic nitrogens is 1. The summed E-state index contributed by atoms with van der Waals surface area (Å²) in [6.45, 7) is 1.83. The van der Waals surface area contributed by atoms with Crippen molar-refractivity contribution in [1.82, 2.24) is 4.98 Å². The van der Waals surface area contributed by atoms with Crippen molar-refractivity contribution < 1.29 is 9.53 Å². The van der Waals surface area contributed by atoms with E-state index < -0.39 is 11.9 Å². The lowest BCUT2D eigenvalue weighted by Gasteiger charge is -2.02. The zero-order chi connectivity index (χ0) is 16.7. The van der Waals surface area contributed by atoms with Gasteiger partial charge in [0.15, 0.2) is 0 Å². The van der Waals surface area contributed by atoms with Crippen LogP contribution in [0.4, 0.5) is 0 Å². The molecule has 1 aromatic carbocycles. The van der Waals surface area contributed by atoms with Gasteiger partial charge in [0.05, 0.1) is 18.4 Å². The van der Waals surface area contributed by atoms with E-state index in [1.165, 1.54) is 17.4 Å². The Hall–Kier alpha value is -2.96. The minimum absolute atomic E-state index is 0.171. The Morgan fingerprint density at radius 2 is 2.13 bits per heavy atom. The smallest absolute Gasteiger partial charge is 0.348 e. The predicted octanol–water partition coefficient (Wildman–Crippen LogP) is 3.43. The molecule has 114 valence electrons. The first-order chi connectivity index (χ1) is 11.2. The van der Waals surface area contributed by atoms with Crippen molar-refractivity contribution in [3.05, 3.63) is 52.4 Å². The van der Waals surface area contributed by atoms with Gasteiger partial charge in [-0.25, -0.2) is 9.78 Å². The molecule has 0 saturated heterocycles. The summed E-state index contributed by atoms with van der Waals surface area (Å²) in [6, 6.07) is 13.4. The summed E-state index contributed by atoms with van der Waals surface area (Å²) in [5.74, 6) is -1.49. The second-order valence-corrected chi connectivity index (χ2v) is 5.35. The number of ether oxygens (including phenoxy) is 1. The molecule has 6 heteroatoms. The highest BCUT2D eigenvalue weighted by atomic mass is 32.1. The zero-order valence-electron chi connectivity index (χ0n) is 12.4.